The average molecular weight is 542 g/mol. The van der Waals surface area contributed by atoms with E-state index in [4.69, 9.17) is 9.47 Å². The second-order valence-corrected chi connectivity index (χ2v) is 8.10. The fraction of sp³-hybridized carbons (Fsp3) is 0.120. The van der Waals surface area contributed by atoms with Crippen LogP contribution in [0.15, 0.2) is 66.2 Å². The summed E-state index contributed by atoms with van der Waals surface area (Å²) in [6.07, 6.45) is 1.50. The summed E-state index contributed by atoms with van der Waals surface area (Å²) in [5.41, 5.74) is 3.02. The van der Waals surface area contributed by atoms with Crippen LogP contribution in [0.25, 0.3) is 6.08 Å². The summed E-state index contributed by atoms with van der Waals surface area (Å²) in [5.74, 6) is 0.180. The van der Waals surface area contributed by atoms with Crippen molar-refractivity contribution in [1.29, 1.82) is 5.26 Å². The molecule has 5 nitrogen and oxygen atoms in total. The lowest BCUT2D eigenvalue weighted by molar-refractivity contribution is -0.112. The zero-order valence-electron chi connectivity index (χ0n) is 17.5. The van der Waals surface area contributed by atoms with Gasteiger partial charge in [0.25, 0.3) is 5.91 Å². The number of benzene rings is 3. The van der Waals surface area contributed by atoms with Gasteiger partial charge in [0.1, 0.15) is 24.1 Å². The number of hydrogen-bond acceptors (Lipinski definition) is 4. The molecule has 0 spiro atoms. The van der Waals surface area contributed by atoms with E-state index in [0.717, 1.165) is 14.7 Å². The minimum absolute atomic E-state index is 0.0376. The van der Waals surface area contributed by atoms with Gasteiger partial charge in [0.15, 0.2) is 11.5 Å². The molecule has 162 valence electrons. The van der Waals surface area contributed by atoms with Crippen molar-refractivity contribution < 1.29 is 18.7 Å². The summed E-state index contributed by atoms with van der Waals surface area (Å²) in [6.45, 7) is 2.16. The van der Waals surface area contributed by atoms with Gasteiger partial charge in [0, 0.05) is 5.69 Å². The van der Waals surface area contributed by atoms with Crippen LogP contribution in [-0.2, 0) is 11.4 Å². The van der Waals surface area contributed by atoms with Gasteiger partial charge in [0.2, 0.25) is 0 Å². The summed E-state index contributed by atoms with van der Waals surface area (Å²) < 4.78 is 25.2. The van der Waals surface area contributed by atoms with E-state index in [0.29, 0.717) is 22.7 Å². The monoisotopic (exact) mass is 542 g/mol. The van der Waals surface area contributed by atoms with Crippen LogP contribution in [-0.4, -0.2) is 13.0 Å². The molecule has 0 saturated carbocycles. The van der Waals surface area contributed by atoms with Crippen molar-refractivity contribution in [3.63, 3.8) is 0 Å². The lowest BCUT2D eigenvalue weighted by Crippen LogP contribution is -2.13. The van der Waals surface area contributed by atoms with Gasteiger partial charge in [0.05, 0.1) is 10.7 Å². The number of nitrogens with one attached hydrogen (secondary N) is 1. The number of carbonyl (C=O) groups excluding carboxylic acids is 1. The number of ether oxygens (including phenoxy) is 2. The third kappa shape index (κ3) is 6.08. The maximum atomic E-state index is 13.1. The minimum Gasteiger partial charge on any atom is -0.493 e. The molecule has 32 heavy (non-hydrogen) atoms. The van der Waals surface area contributed by atoms with E-state index in [1.807, 2.05) is 31.2 Å². The largest absolute Gasteiger partial charge is 0.493 e. The molecule has 1 N–H and O–H groups in total. The van der Waals surface area contributed by atoms with E-state index in [2.05, 4.69) is 27.9 Å². The molecule has 0 unspecified atom stereocenters. The Kier molecular flexibility index (Phi) is 7.84. The standard InChI is InChI=1S/C25H20FIN2O3/c1-16-4-3-5-21(10-16)29-25(30)19(14-28)11-18-12-22(27)24(23(13-18)31-2)32-15-17-6-8-20(26)9-7-17/h3-13H,15H2,1-2H3,(H,29,30)/b19-11-. The Balaban J connectivity index is 1.81. The van der Waals surface area contributed by atoms with Crippen LogP contribution < -0.4 is 14.8 Å². The van der Waals surface area contributed by atoms with Gasteiger partial charge in [-0.15, -0.1) is 0 Å². The Bertz CT molecular complexity index is 1200. The van der Waals surface area contributed by atoms with Crippen molar-refractivity contribution >= 4 is 40.3 Å². The number of anilines is 1. The Labute approximate surface area is 199 Å². The topological polar surface area (TPSA) is 71.3 Å². The molecule has 0 aliphatic carbocycles. The van der Waals surface area contributed by atoms with Crippen molar-refractivity contribution in [3.8, 4) is 17.6 Å². The lowest BCUT2D eigenvalue weighted by Gasteiger charge is -2.14. The summed E-state index contributed by atoms with van der Waals surface area (Å²) in [7, 11) is 1.51. The van der Waals surface area contributed by atoms with Crippen molar-refractivity contribution in [3.05, 3.63) is 92.3 Å². The third-order valence-electron chi connectivity index (χ3n) is 4.50. The molecule has 3 rings (SSSR count). The molecular formula is C25H20FIN2O3. The van der Waals surface area contributed by atoms with Gasteiger partial charge in [-0.05, 0) is 88.7 Å². The fourth-order valence-corrected chi connectivity index (χ4v) is 3.72. The molecule has 0 heterocycles. The Morgan fingerprint density at radius 1 is 1.19 bits per heavy atom. The van der Waals surface area contributed by atoms with Crippen LogP contribution >= 0.6 is 22.6 Å². The first-order valence-electron chi connectivity index (χ1n) is 9.64. The number of hydrogen-bond donors (Lipinski definition) is 1. The van der Waals surface area contributed by atoms with Crippen molar-refractivity contribution in [2.45, 2.75) is 13.5 Å². The molecule has 0 atom stereocenters. The summed E-state index contributed by atoms with van der Waals surface area (Å²) in [6, 6.07) is 18.8. The molecule has 0 saturated heterocycles. The molecule has 3 aromatic carbocycles. The number of aryl methyl sites for hydroxylation is 1. The molecule has 0 bridgehead atoms. The predicted molar refractivity (Wildman–Crippen MR) is 130 cm³/mol. The van der Waals surface area contributed by atoms with Crippen LogP contribution in [0.3, 0.4) is 0 Å². The van der Waals surface area contributed by atoms with Crippen LogP contribution in [0.1, 0.15) is 16.7 Å². The molecule has 7 heteroatoms. The molecule has 0 aliphatic rings. The molecule has 0 aromatic heterocycles. The first kappa shape index (κ1) is 23.3. The van der Waals surface area contributed by atoms with Gasteiger partial charge in [-0.2, -0.15) is 5.26 Å². The van der Waals surface area contributed by atoms with Crippen LogP contribution in [0.4, 0.5) is 10.1 Å². The van der Waals surface area contributed by atoms with E-state index in [1.54, 1.807) is 30.3 Å². The molecular weight excluding hydrogens is 522 g/mol. The maximum absolute atomic E-state index is 13.1. The molecule has 0 radical (unpaired) electrons. The SMILES string of the molecule is COc1cc(/C=C(/C#N)C(=O)Nc2cccc(C)c2)cc(I)c1OCc1ccc(F)cc1. The van der Waals surface area contributed by atoms with Crippen molar-refractivity contribution in [2.24, 2.45) is 0 Å². The van der Waals surface area contributed by atoms with Gasteiger partial charge in [-0.1, -0.05) is 24.3 Å². The smallest absolute Gasteiger partial charge is 0.266 e. The lowest BCUT2D eigenvalue weighted by atomic mass is 10.1. The van der Waals surface area contributed by atoms with Crippen molar-refractivity contribution in [2.75, 3.05) is 12.4 Å². The maximum Gasteiger partial charge on any atom is 0.266 e. The van der Waals surface area contributed by atoms with E-state index in [1.165, 1.54) is 25.3 Å². The van der Waals surface area contributed by atoms with E-state index in [-0.39, 0.29) is 18.0 Å². The van der Waals surface area contributed by atoms with Crippen molar-refractivity contribution in [1.82, 2.24) is 0 Å². The number of halogens is 2. The third-order valence-corrected chi connectivity index (χ3v) is 5.30. The second kappa shape index (κ2) is 10.8. The fourth-order valence-electron chi connectivity index (χ4n) is 2.94. The van der Waals surface area contributed by atoms with E-state index in [9.17, 15) is 14.4 Å². The summed E-state index contributed by atoms with van der Waals surface area (Å²) in [5, 5.41) is 12.2. The molecule has 0 aliphatic heterocycles. The van der Waals surface area contributed by atoms with Gasteiger partial charge >= 0.3 is 0 Å². The Morgan fingerprint density at radius 2 is 1.94 bits per heavy atom. The highest BCUT2D eigenvalue weighted by molar-refractivity contribution is 14.1. The first-order valence-corrected chi connectivity index (χ1v) is 10.7. The summed E-state index contributed by atoms with van der Waals surface area (Å²) >= 11 is 2.10. The number of nitrogens with zero attached hydrogens (tertiary/aromatic N) is 1. The molecule has 1 amide bonds. The van der Waals surface area contributed by atoms with Crippen LogP contribution in [0, 0.1) is 27.6 Å². The minimum atomic E-state index is -0.497. The zero-order chi connectivity index (χ0) is 23.1. The zero-order valence-corrected chi connectivity index (χ0v) is 19.6. The summed E-state index contributed by atoms with van der Waals surface area (Å²) in [4.78, 5) is 12.6. The Hall–Kier alpha value is -3.38. The van der Waals surface area contributed by atoms with Gasteiger partial charge in [-0.25, -0.2) is 4.39 Å². The highest BCUT2D eigenvalue weighted by atomic mass is 127. The Morgan fingerprint density at radius 3 is 2.59 bits per heavy atom. The normalized spacial score (nSPS) is 10.9. The molecule has 3 aromatic rings. The number of amides is 1. The van der Waals surface area contributed by atoms with Crippen LogP contribution in [0.2, 0.25) is 0 Å². The van der Waals surface area contributed by atoms with Gasteiger partial charge in [-0.3, -0.25) is 4.79 Å². The van der Waals surface area contributed by atoms with Crippen LogP contribution in [0.5, 0.6) is 11.5 Å². The number of methoxy groups -OCH3 is 1. The predicted octanol–water partition coefficient (Wildman–Crippen LogP) is 5.87. The van der Waals surface area contributed by atoms with E-state index >= 15 is 0 Å². The quantitative estimate of drug-likeness (QED) is 0.230. The van der Waals surface area contributed by atoms with Gasteiger partial charge < -0.3 is 14.8 Å². The van der Waals surface area contributed by atoms with E-state index < -0.39 is 5.91 Å². The average Bonchev–Trinajstić information content (AvgIpc) is 2.77. The number of carbonyl (C=O) groups is 1. The highest BCUT2D eigenvalue weighted by Gasteiger charge is 2.14. The second-order valence-electron chi connectivity index (χ2n) is 6.94. The highest BCUT2D eigenvalue weighted by Crippen LogP contribution is 2.35. The number of rotatable bonds is 7. The number of nitriles is 1. The first-order chi connectivity index (χ1) is 15.4. The molecule has 0 fully saturated rings.